The van der Waals surface area contributed by atoms with Gasteiger partial charge >= 0.3 is 6.30 Å². The molecule has 0 amide bonds. The number of aryl methyl sites for hydroxylation is 1. The minimum Gasteiger partial charge on any atom is -0.147 e. The first-order valence-electron chi connectivity index (χ1n) is 4.90. The molecule has 0 aliphatic heterocycles. The predicted molar refractivity (Wildman–Crippen MR) is 47.0 cm³/mol. The van der Waals surface area contributed by atoms with Crippen LogP contribution in [0.15, 0.2) is 0 Å². The fraction of sp³-hybridized carbons (Fsp3) is 0.875. The van der Waals surface area contributed by atoms with Gasteiger partial charge in [0.05, 0.1) is 0 Å². The van der Waals surface area contributed by atoms with E-state index in [0.29, 0.717) is 6.42 Å². The van der Waals surface area contributed by atoms with Gasteiger partial charge in [-0.2, -0.15) is 0 Å². The number of tetrazole rings is 1. The van der Waals surface area contributed by atoms with E-state index in [0.717, 1.165) is 25.7 Å². The molecule has 0 radical (unpaired) electrons. The molecule has 1 aromatic heterocycles. The summed E-state index contributed by atoms with van der Waals surface area (Å²) in [5, 5.41) is 9.53. The molecule has 0 aliphatic carbocycles. The summed E-state index contributed by atoms with van der Waals surface area (Å²) >= 11 is 0. The highest BCUT2D eigenvalue weighted by Gasteiger charge is 2.34. The highest BCUT2D eigenvalue weighted by Crippen LogP contribution is 2.18. The number of hydrogen-bond acceptors (Lipinski definition) is 3. The Balaban J connectivity index is 2.40. The average molecular weight is 222 g/mol. The Hall–Kier alpha value is -1.14. The largest absolute Gasteiger partial charge is 0.522 e. The van der Waals surface area contributed by atoms with Gasteiger partial charge in [0, 0.05) is 6.42 Å². The molecule has 7 heteroatoms. The van der Waals surface area contributed by atoms with Crippen molar-refractivity contribution in [1.29, 1.82) is 0 Å². The van der Waals surface area contributed by atoms with Crippen molar-refractivity contribution in [3.8, 4) is 0 Å². The van der Waals surface area contributed by atoms with Gasteiger partial charge in [-0.1, -0.05) is 31.0 Å². The van der Waals surface area contributed by atoms with Crippen molar-refractivity contribution in [2.45, 2.75) is 45.3 Å². The van der Waals surface area contributed by atoms with E-state index in [1.807, 2.05) is 0 Å². The van der Waals surface area contributed by atoms with Crippen LogP contribution < -0.4 is 0 Å². The summed E-state index contributed by atoms with van der Waals surface area (Å²) in [6.07, 6.45) is -0.157. The zero-order chi connectivity index (χ0) is 11.3. The molecule has 0 atom stereocenters. The molecular weight excluding hydrogens is 209 g/mol. The third-order valence-electron chi connectivity index (χ3n) is 1.94. The first-order chi connectivity index (χ1) is 7.04. The number of halogens is 3. The van der Waals surface area contributed by atoms with E-state index >= 15 is 0 Å². The van der Waals surface area contributed by atoms with Crippen LogP contribution in [0.1, 0.15) is 38.4 Å². The molecule has 86 valence electrons. The molecule has 0 fully saturated rings. The number of unbranched alkanes of at least 4 members (excludes halogenated alkanes) is 3. The van der Waals surface area contributed by atoms with Crippen LogP contribution in [0.3, 0.4) is 0 Å². The smallest absolute Gasteiger partial charge is 0.147 e. The maximum absolute atomic E-state index is 12.0. The average Bonchev–Trinajstić information content (AvgIpc) is 2.60. The summed E-state index contributed by atoms with van der Waals surface area (Å²) < 4.78 is 36.1. The van der Waals surface area contributed by atoms with Crippen molar-refractivity contribution >= 4 is 0 Å². The van der Waals surface area contributed by atoms with Crippen LogP contribution in [0.2, 0.25) is 0 Å². The van der Waals surface area contributed by atoms with E-state index in [-0.39, 0.29) is 10.6 Å². The zero-order valence-electron chi connectivity index (χ0n) is 8.46. The molecule has 0 saturated carbocycles. The zero-order valence-corrected chi connectivity index (χ0v) is 8.46. The maximum atomic E-state index is 12.0. The monoisotopic (exact) mass is 222 g/mol. The lowest BCUT2D eigenvalue weighted by molar-refractivity contribution is -0.222. The SMILES string of the molecule is CCCCCCc1nnn(C(F)(F)F)n1. The third-order valence-corrected chi connectivity index (χ3v) is 1.94. The third kappa shape index (κ3) is 3.85. The van der Waals surface area contributed by atoms with Gasteiger partial charge in [0.2, 0.25) is 0 Å². The van der Waals surface area contributed by atoms with Crippen LogP contribution >= 0.6 is 0 Å². The van der Waals surface area contributed by atoms with Gasteiger partial charge in [-0.3, -0.25) is 0 Å². The van der Waals surface area contributed by atoms with Crippen LogP contribution in [-0.4, -0.2) is 20.2 Å². The topological polar surface area (TPSA) is 43.6 Å². The summed E-state index contributed by atoms with van der Waals surface area (Å²) in [6, 6.07) is 0. The Labute approximate surface area is 85.5 Å². The maximum Gasteiger partial charge on any atom is 0.522 e. The number of hydrogen-bond donors (Lipinski definition) is 0. The standard InChI is InChI=1S/C8H13F3N4/c1-2-3-4-5-6-7-12-14-15(13-7)8(9,10)11/h2-6H2,1H3. The van der Waals surface area contributed by atoms with Crippen molar-refractivity contribution in [2.24, 2.45) is 0 Å². The first kappa shape index (κ1) is 11.9. The fourth-order valence-corrected chi connectivity index (χ4v) is 1.16. The molecule has 0 saturated heterocycles. The van der Waals surface area contributed by atoms with Crippen molar-refractivity contribution in [3.05, 3.63) is 5.82 Å². The summed E-state index contributed by atoms with van der Waals surface area (Å²) in [6.45, 7) is 2.07. The highest BCUT2D eigenvalue weighted by atomic mass is 19.4. The van der Waals surface area contributed by atoms with Gasteiger partial charge in [0.1, 0.15) is 0 Å². The lowest BCUT2D eigenvalue weighted by Crippen LogP contribution is -2.20. The number of alkyl halides is 3. The first-order valence-corrected chi connectivity index (χ1v) is 4.90. The molecule has 0 aliphatic rings. The van der Waals surface area contributed by atoms with Gasteiger partial charge in [0.25, 0.3) is 0 Å². The fourth-order valence-electron chi connectivity index (χ4n) is 1.16. The van der Waals surface area contributed by atoms with Crippen molar-refractivity contribution in [1.82, 2.24) is 20.2 Å². The Kier molecular flexibility index (Phi) is 4.05. The molecule has 0 spiro atoms. The molecule has 1 heterocycles. The quantitative estimate of drug-likeness (QED) is 0.718. The van der Waals surface area contributed by atoms with Gasteiger partial charge in [0.15, 0.2) is 5.82 Å². The van der Waals surface area contributed by atoms with Gasteiger partial charge in [-0.05, 0) is 11.6 Å². The second-order valence-corrected chi connectivity index (χ2v) is 3.27. The summed E-state index contributed by atoms with van der Waals surface area (Å²) in [5.74, 6) is 0.156. The van der Waals surface area contributed by atoms with E-state index < -0.39 is 6.30 Å². The molecule has 0 N–H and O–H groups in total. The second kappa shape index (κ2) is 5.09. The normalized spacial score (nSPS) is 12.0. The Bertz CT molecular complexity index is 294. The summed E-state index contributed by atoms with van der Waals surface area (Å²) in [4.78, 5) is -0.303. The van der Waals surface area contributed by atoms with E-state index in [4.69, 9.17) is 0 Å². The number of nitrogens with zero attached hydrogens (tertiary/aromatic N) is 4. The van der Waals surface area contributed by atoms with Crippen LogP contribution in [0.25, 0.3) is 0 Å². The van der Waals surface area contributed by atoms with Gasteiger partial charge < -0.3 is 0 Å². The lowest BCUT2D eigenvalue weighted by atomic mass is 10.1. The van der Waals surface area contributed by atoms with Crippen LogP contribution in [-0.2, 0) is 12.7 Å². The molecule has 0 unspecified atom stereocenters. The van der Waals surface area contributed by atoms with Crippen LogP contribution in [0.4, 0.5) is 13.2 Å². The number of aromatic nitrogens is 4. The minimum atomic E-state index is -4.56. The Morgan fingerprint density at radius 2 is 1.93 bits per heavy atom. The van der Waals surface area contributed by atoms with Crippen LogP contribution in [0, 0.1) is 0 Å². The number of rotatable bonds is 5. The van der Waals surface area contributed by atoms with Crippen molar-refractivity contribution in [3.63, 3.8) is 0 Å². The Morgan fingerprint density at radius 1 is 1.20 bits per heavy atom. The molecule has 0 aromatic carbocycles. The van der Waals surface area contributed by atoms with Crippen molar-refractivity contribution in [2.75, 3.05) is 0 Å². The minimum absolute atomic E-state index is 0.156. The Morgan fingerprint density at radius 3 is 2.47 bits per heavy atom. The molecule has 0 bridgehead atoms. The molecule has 4 nitrogen and oxygen atoms in total. The highest BCUT2D eigenvalue weighted by molar-refractivity contribution is 4.76. The van der Waals surface area contributed by atoms with Gasteiger partial charge in [-0.15, -0.1) is 23.4 Å². The van der Waals surface area contributed by atoms with E-state index in [9.17, 15) is 13.2 Å². The molecule has 15 heavy (non-hydrogen) atoms. The summed E-state index contributed by atoms with van der Waals surface area (Å²) in [5.41, 5.74) is 0. The van der Waals surface area contributed by atoms with E-state index in [1.165, 1.54) is 0 Å². The molecular formula is C8H13F3N4. The van der Waals surface area contributed by atoms with Crippen LogP contribution in [0.5, 0.6) is 0 Å². The van der Waals surface area contributed by atoms with E-state index in [1.54, 1.807) is 0 Å². The summed E-state index contributed by atoms with van der Waals surface area (Å²) in [7, 11) is 0. The molecule has 1 rings (SSSR count). The molecule has 1 aromatic rings. The van der Waals surface area contributed by atoms with Gasteiger partial charge in [-0.25, -0.2) is 0 Å². The van der Waals surface area contributed by atoms with Crippen molar-refractivity contribution < 1.29 is 13.2 Å². The van der Waals surface area contributed by atoms with E-state index in [2.05, 4.69) is 22.3 Å². The lowest BCUT2D eigenvalue weighted by Gasteiger charge is -2.00. The predicted octanol–water partition coefficient (Wildman–Crippen LogP) is 2.27. The second-order valence-electron chi connectivity index (χ2n) is 3.27.